The molecule has 1 rings (SSSR count). The molecule has 1 aromatic rings. The molecule has 0 aliphatic heterocycles. The molecule has 0 bridgehead atoms. The third-order valence-electron chi connectivity index (χ3n) is 1.50. The van der Waals surface area contributed by atoms with E-state index in [9.17, 15) is 9.59 Å². The number of halogens is 1. The van der Waals surface area contributed by atoms with E-state index in [1.165, 1.54) is 6.92 Å². The number of carbonyl (C=O) groups excluding carboxylic acids is 2. The number of ketones is 1. The molecule has 0 aliphatic carbocycles. The van der Waals surface area contributed by atoms with Crippen LogP contribution in [0.3, 0.4) is 0 Å². The molecule has 0 aliphatic rings. The summed E-state index contributed by atoms with van der Waals surface area (Å²) in [5, 5.41) is 2.67. The summed E-state index contributed by atoms with van der Waals surface area (Å²) in [6.07, 6.45) is -0.0352. The van der Waals surface area contributed by atoms with Crippen LogP contribution in [0.2, 0.25) is 0 Å². The quantitative estimate of drug-likeness (QED) is 0.856. The first-order valence-electron chi connectivity index (χ1n) is 4.08. The Hall–Kier alpha value is -0.680. The van der Waals surface area contributed by atoms with Gasteiger partial charge in [0.15, 0.2) is 0 Å². The third-order valence-corrected chi connectivity index (χ3v) is 3.12. The SMILES string of the molecule is CC(=O)CC(=O)NCc1ccc(Br)s1. The van der Waals surface area contributed by atoms with Crippen LogP contribution in [-0.2, 0) is 16.1 Å². The van der Waals surface area contributed by atoms with Gasteiger partial charge in [-0.1, -0.05) is 0 Å². The molecule has 3 nitrogen and oxygen atoms in total. The number of nitrogens with one attached hydrogen (secondary N) is 1. The van der Waals surface area contributed by atoms with Crippen molar-refractivity contribution in [1.29, 1.82) is 0 Å². The van der Waals surface area contributed by atoms with E-state index in [2.05, 4.69) is 21.2 Å². The fraction of sp³-hybridized carbons (Fsp3) is 0.333. The van der Waals surface area contributed by atoms with Gasteiger partial charge in [-0.15, -0.1) is 11.3 Å². The fourth-order valence-electron chi connectivity index (χ4n) is 0.921. The van der Waals surface area contributed by atoms with Crippen LogP contribution in [0.1, 0.15) is 18.2 Å². The molecule has 0 aromatic carbocycles. The second-order valence-corrected chi connectivity index (χ2v) is 5.41. The Bertz CT molecular complexity index is 348. The van der Waals surface area contributed by atoms with E-state index in [1.807, 2.05) is 12.1 Å². The first kappa shape index (κ1) is 11.4. The van der Waals surface area contributed by atoms with E-state index in [4.69, 9.17) is 0 Å². The number of hydrogen-bond acceptors (Lipinski definition) is 3. The maximum absolute atomic E-state index is 11.1. The summed E-state index contributed by atoms with van der Waals surface area (Å²) in [7, 11) is 0. The summed E-state index contributed by atoms with van der Waals surface area (Å²) in [6.45, 7) is 1.89. The Kier molecular flexibility index (Phi) is 4.28. The zero-order valence-electron chi connectivity index (χ0n) is 7.67. The predicted octanol–water partition coefficient (Wildman–Crippen LogP) is 2.11. The lowest BCUT2D eigenvalue weighted by Crippen LogP contribution is -2.23. The summed E-state index contributed by atoms with van der Waals surface area (Å²) >= 11 is 4.90. The standard InChI is InChI=1S/C9H10BrNO2S/c1-6(12)4-9(13)11-5-7-2-3-8(10)14-7/h2-3H,4-5H2,1H3,(H,11,13). The van der Waals surface area contributed by atoms with Crippen molar-refractivity contribution in [3.05, 3.63) is 20.8 Å². The lowest BCUT2D eigenvalue weighted by Gasteiger charge is -2.00. The lowest BCUT2D eigenvalue weighted by molar-refractivity contribution is -0.127. The lowest BCUT2D eigenvalue weighted by atomic mass is 10.3. The molecule has 1 aromatic heterocycles. The van der Waals surface area contributed by atoms with Crippen molar-refractivity contribution in [3.8, 4) is 0 Å². The molecule has 0 fully saturated rings. The topological polar surface area (TPSA) is 46.2 Å². The Morgan fingerprint density at radius 1 is 1.50 bits per heavy atom. The van der Waals surface area contributed by atoms with Crippen LogP contribution in [-0.4, -0.2) is 11.7 Å². The summed E-state index contributed by atoms with van der Waals surface area (Å²) in [5.74, 6) is -0.336. The molecule has 1 N–H and O–H groups in total. The van der Waals surface area contributed by atoms with E-state index in [-0.39, 0.29) is 18.1 Å². The van der Waals surface area contributed by atoms with E-state index in [0.29, 0.717) is 6.54 Å². The van der Waals surface area contributed by atoms with Crippen molar-refractivity contribution in [2.75, 3.05) is 0 Å². The van der Waals surface area contributed by atoms with E-state index in [1.54, 1.807) is 11.3 Å². The van der Waals surface area contributed by atoms with E-state index in [0.717, 1.165) is 8.66 Å². The molecule has 0 atom stereocenters. The van der Waals surface area contributed by atoms with Gasteiger partial charge in [-0.05, 0) is 35.0 Å². The van der Waals surface area contributed by atoms with Gasteiger partial charge < -0.3 is 5.32 Å². The van der Waals surface area contributed by atoms with Crippen LogP contribution >= 0.6 is 27.3 Å². The summed E-state index contributed by atoms with van der Waals surface area (Å²) in [5.41, 5.74) is 0. The smallest absolute Gasteiger partial charge is 0.227 e. The molecule has 76 valence electrons. The largest absolute Gasteiger partial charge is 0.351 e. The minimum absolute atomic E-state index is 0.0352. The predicted molar refractivity (Wildman–Crippen MR) is 59.2 cm³/mol. The van der Waals surface area contributed by atoms with Gasteiger partial charge in [0.2, 0.25) is 5.91 Å². The molecule has 0 saturated carbocycles. The Morgan fingerprint density at radius 3 is 2.71 bits per heavy atom. The van der Waals surface area contributed by atoms with E-state index < -0.39 is 0 Å². The van der Waals surface area contributed by atoms with Crippen molar-refractivity contribution in [3.63, 3.8) is 0 Å². The molecule has 0 unspecified atom stereocenters. The minimum Gasteiger partial charge on any atom is -0.351 e. The maximum Gasteiger partial charge on any atom is 0.227 e. The van der Waals surface area contributed by atoms with Crippen molar-refractivity contribution in [2.45, 2.75) is 19.9 Å². The molecular weight excluding hydrogens is 266 g/mol. The highest BCUT2D eigenvalue weighted by Crippen LogP contribution is 2.21. The summed E-state index contributed by atoms with van der Waals surface area (Å²) in [6, 6.07) is 3.86. The normalized spacial score (nSPS) is 9.86. The first-order valence-corrected chi connectivity index (χ1v) is 5.69. The van der Waals surface area contributed by atoms with E-state index >= 15 is 0 Å². The molecule has 0 spiro atoms. The number of Topliss-reactive ketones (excluding diaryl/α,β-unsaturated/α-hetero) is 1. The van der Waals surface area contributed by atoms with Crippen LogP contribution in [0.25, 0.3) is 0 Å². The number of hydrogen-bond donors (Lipinski definition) is 1. The second-order valence-electron chi connectivity index (χ2n) is 2.86. The highest BCUT2D eigenvalue weighted by molar-refractivity contribution is 9.11. The van der Waals surface area contributed by atoms with Gasteiger partial charge in [-0.2, -0.15) is 0 Å². The molecule has 0 saturated heterocycles. The third kappa shape index (κ3) is 4.02. The average molecular weight is 276 g/mol. The Balaban J connectivity index is 2.34. The molecule has 14 heavy (non-hydrogen) atoms. The zero-order chi connectivity index (χ0) is 10.6. The van der Waals surface area contributed by atoms with Crippen LogP contribution < -0.4 is 5.32 Å². The van der Waals surface area contributed by atoms with Crippen LogP contribution in [0, 0.1) is 0 Å². The number of thiophene rings is 1. The van der Waals surface area contributed by atoms with Gasteiger partial charge in [-0.25, -0.2) is 0 Å². The maximum atomic E-state index is 11.1. The molecule has 1 heterocycles. The average Bonchev–Trinajstić information content (AvgIpc) is 2.47. The van der Waals surface area contributed by atoms with Gasteiger partial charge in [0.25, 0.3) is 0 Å². The highest BCUT2D eigenvalue weighted by atomic mass is 79.9. The monoisotopic (exact) mass is 275 g/mol. The Morgan fingerprint density at radius 2 is 2.21 bits per heavy atom. The molecule has 0 radical (unpaired) electrons. The number of carbonyl (C=O) groups is 2. The van der Waals surface area contributed by atoms with Gasteiger partial charge in [0.1, 0.15) is 5.78 Å². The van der Waals surface area contributed by atoms with Gasteiger partial charge >= 0.3 is 0 Å². The van der Waals surface area contributed by atoms with Crippen LogP contribution in [0.5, 0.6) is 0 Å². The van der Waals surface area contributed by atoms with Crippen LogP contribution in [0.15, 0.2) is 15.9 Å². The van der Waals surface area contributed by atoms with Crippen molar-refractivity contribution < 1.29 is 9.59 Å². The van der Waals surface area contributed by atoms with Crippen molar-refractivity contribution >= 4 is 39.0 Å². The van der Waals surface area contributed by atoms with Gasteiger partial charge in [0.05, 0.1) is 16.8 Å². The van der Waals surface area contributed by atoms with Crippen molar-refractivity contribution in [2.24, 2.45) is 0 Å². The zero-order valence-corrected chi connectivity index (χ0v) is 10.1. The van der Waals surface area contributed by atoms with Crippen molar-refractivity contribution in [1.82, 2.24) is 5.32 Å². The van der Waals surface area contributed by atoms with Crippen LogP contribution in [0.4, 0.5) is 0 Å². The highest BCUT2D eigenvalue weighted by Gasteiger charge is 2.05. The number of amides is 1. The fourth-order valence-corrected chi connectivity index (χ4v) is 2.34. The first-order chi connectivity index (χ1) is 6.58. The molecule has 5 heteroatoms. The number of rotatable bonds is 4. The summed E-state index contributed by atoms with van der Waals surface area (Å²) in [4.78, 5) is 22.8. The van der Waals surface area contributed by atoms with Gasteiger partial charge in [0, 0.05) is 4.88 Å². The minimum atomic E-state index is -0.220. The molecule has 1 amide bonds. The molecular formula is C9H10BrNO2S. The van der Waals surface area contributed by atoms with Gasteiger partial charge in [-0.3, -0.25) is 9.59 Å². The summed E-state index contributed by atoms with van der Waals surface area (Å²) < 4.78 is 1.04. The Labute approximate surface area is 94.6 Å². The second kappa shape index (κ2) is 5.26.